The van der Waals surface area contributed by atoms with Crippen LogP contribution < -0.4 is 5.32 Å². The SMILES string of the molecule is CC(C)NC(CCOP(=O)(O)OCc1ccccc1)CC1COC(C)(C)O1. The van der Waals surface area contributed by atoms with Crippen LogP contribution in [0.2, 0.25) is 0 Å². The molecule has 1 aromatic rings. The van der Waals surface area contributed by atoms with E-state index in [9.17, 15) is 9.46 Å². The van der Waals surface area contributed by atoms with Crippen molar-refractivity contribution in [3.8, 4) is 0 Å². The molecular weight excluding hydrogens is 369 g/mol. The summed E-state index contributed by atoms with van der Waals surface area (Å²) in [5, 5.41) is 3.45. The van der Waals surface area contributed by atoms with Crippen LogP contribution in [-0.2, 0) is 29.7 Å². The van der Waals surface area contributed by atoms with Crippen molar-refractivity contribution in [2.45, 2.75) is 71.1 Å². The molecule has 27 heavy (non-hydrogen) atoms. The fourth-order valence-electron chi connectivity index (χ4n) is 3.02. The van der Waals surface area contributed by atoms with E-state index in [0.29, 0.717) is 13.0 Å². The maximum absolute atomic E-state index is 12.1. The van der Waals surface area contributed by atoms with Crippen molar-refractivity contribution in [1.29, 1.82) is 0 Å². The highest BCUT2D eigenvalue weighted by Crippen LogP contribution is 2.44. The number of phosphoric acid groups is 1. The van der Waals surface area contributed by atoms with Gasteiger partial charge in [0.2, 0.25) is 0 Å². The summed E-state index contributed by atoms with van der Waals surface area (Å²) in [4.78, 5) is 9.87. The molecule has 0 aliphatic carbocycles. The Kier molecular flexibility index (Phi) is 8.43. The lowest BCUT2D eigenvalue weighted by atomic mass is 10.1. The highest BCUT2D eigenvalue weighted by molar-refractivity contribution is 7.47. The highest BCUT2D eigenvalue weighted by Gasteiger charge is 2.34. The van der Waals surface area contributed by atoms with Crippen LogP contribution in [-0.4, -0.2) is 42.1 Å². The summed E-state index contributed by atoms with van der Waals surface area (Å²) in [5.41, 5.74) is 0.815. The summed E-state index contributed by atoms with van der Waals surface area (Å²) in [6.45, 7) is 8.60. The lowest BCUT2D eigenvalue weighted by Crippen LogP contribution is -2.39. The van der Waals surface area contributed by atoms with Gasteiger partial charge in [0.05, 0.1) is 25.9 Å². The Bertz CT molecular complexity index is 609. The van der Waals surface area contributed by atoms with E-state index in [1.165, 1.54) is 0 Å². The first-order valence-electron chi connectivity index (χ1n) is 9.39. The third-order valence-electron chi connectivity index (χ3n) is 4.14. The van der Waals surface area contributed by atoms with Gasteiger partial charge in [0, 0.05) is 12.1 Å². The molecule has 1 heterocycles. The summed E-state index contributed by atoms with van der Waals surface area (Å²) in [7, 11) is -4.09. The van der Waals surface area contributed by atoms with Gasteiger partial charge in [-0.15, -0.1) is 0 Å². The van der Waals surface area contributed by atoms with E-state index >= 15 is 0 Å². The molecule has 7 nitrogen and oxygen atoms in total. The van der Waals surface area contributed by atoms with E-state index in [-0.39, 0.29) is 31.4 Å². The molecule has 1 aliphatic heterocycles. The fraction of sp³-hybridized carbons (Fsp3) is 0.684. The van der Waals surface area contributed by atoms with Crippen molar-refractivity contribution in [1.82, 2.24) is 5.32 Å². The fourth-order valence-corrected chi connectivity index (χ4v) is 3.74. The number of hydrogen-bond acceptors (Lipinski definition) is 6. The molecule has 0 saturated carbocycles. The first kappa shape index (κ1) is 22.5. The largest absolute Gasteiger partial charge is 0.472 e. The number of nitrogens with one attached hydrogen (secondary N) is 1. The van der Waals surface area contributed by atoms with Crippen molar-refractivity contribution in [2.75, 3.05) is 13.2 Å². The monoisotopic (exact) mass is 401 g/mol. The lowest BCUT2D eigenvalue weighted by Gasteiger charge is -2.25. The van der Waals surface area contributed by atoms with E-state index in [2.05, 4.69) is 19.2 Å². The average Bonchev–Trinajstić information content (AvgIpc) is 2.92. The zero-order valence-corrected chi connectivity index (χ0v) is 17.5. The predicted molar refractivity (Wildman–Crippen MR) is 103 cm³/mol. The molecule has 0 spiro atoms. The zero-order chi connectivity index (χ0) is 19.9. The van der Waals surface area contributed by atoms with E-state index in [4.69, 9.17) is 18.5 Å². The molecule has 1 aliphatic rings. The first-order chi connectivity index (χ1) is 12.7. The van der Waals surface area contributed by atoms with Gasteiger partial charge in [0.1, 0.15) is 0 Å². The maximum Gasteiger partial charge on any atom is 0.472 e. The first-order valence-corrected chi connectivity index (χ1v) is 10.9. The molecular formula is C19H32NO6P. The van der Waals surface area contributed by atoms with Crippen molar-refractivity contribution >= 4 is 7.82 Å². The lowest BCUT2D eigenvalue weighted by molar-refractivity contribution is -0.139. The minimum Gasteiger partial charge on any atom is -0.348 e. The average molecular weight is 401 g/mol. The Morgan fingerprint density at radius 2 is 2.00 bits per heavy atom. The van der Waals surface area contributed by atoms with Gasteiger partial charge >= 0.3 is 7.82 Å². The van der Waals surface area contributed by atoms with Crippen molar-refractivity contribution in [3.63, 3.8) is 0 Å². The van der Waals surface area contributed by atoms with E-state index in [0.717, 1.165) is 12.0 Å². The van der Waals surface area contributed by atoms with Crippen LogP contribution >= 0.6 is 7.82 Å². The van der Waals surface area contributed by atoms with Crippen molar-refractivity contribution in [2.24, 2.45) is 0 Å². The summed E-state index contributed by atoms with van der Waals surface area (Å²) in [6, 6.07) is 9.59. The molecule has 8 heteroatoms. The third-order valence-corrected chi connectivity index (χ3v) is 5.11. The Morgan fingerprint density at radius 1 is 1.30 bits per heavy atom. The number of rotatable bonds is 11. The molecule has 3 atom stereocenters. The number of benzene rings is 1. The number of hydrogen-bond donors (Lipinski definition) is 2. The molecule has 154 valence electrons. The minimum absolute atomic E-state index is 0.00786. The molecule has 0 amide bonds. The highest BCUT2D eigenvalue weighted by atomic mass is 31.2. The van der Waals surface area contributed by atoms with Crippen LogP contribution in [0.1, 0.15) is 46.1 Å². The topological polar surface area (TPSA) is 86.3 Å². The van der Waals surface area contributed by atoms with Crippen LogP contribution in [0.25, 0.3) is 0 Å². The molecule has 1 fully saturated rings. The van der Waals surface area contributed by atoms with Crippen molar-refractivity contribution < 1.29 is 28.0 Å². The van der Waals surface area contributed by atoms with Crippen molar-refractivity contribution in [3.05, 3.63) is 35.9 Å². The molecule has 0 aromatic heterocycles. The number of phosphoric ester groups is 1. The van der Waals surface area contributed by atoms with Crippen LogP contribution in [0.15, 0.2) is 30.3 Å². The second-order valence-electron chi connectivity index (χ2n) is 7.55. The van der Waals surface area contributed by atoms with Gasteiger partial charge in [-0.1, -0.05) is 44.2 Å². The zero-order valence-electron chi connectivity index (χ0n) is 16.6. The molecule has 3 unspecified atom stereocenters. The smallest absolute Gasteiger partial charge is 0.348 e. The van der Waals surface area contributed by atoms with Gasteiger partial charge in [-0.25, -0.2) is 4.57 Å². The molecule has 2 N–H and O–H groups in total. The van der Waals surface area contributed by atoms with Gasteiger partial charge in [-0.05, 0) is 32.3 Å². The number of ether oxygens (including phenoxy) is 2. The third kappa shape index (κ3) is 8.83. The quantitative estimate of drug-likeness (QED) is 0.548. The van der Waals surface area contributed by atoms with E-state index < -0.39 is 13.6 Å². The predicted octanol–water partition coefficient (Wildman–Crippen LogP) is 3.62. The minimum atomic E-state index is -4.09. The molecule has 0 radical (unpaired) electrons. The van der Waals surface area contributed by atoms with Crippen LogP contribution in [0.5, 0.6) is 0 Å². The second-order valence-corrected chi connectivity index (χ2v) is 9.01. The summed E-state index contributed by atoms with van der Waals surface area (Å²) in [6.07, 6.45) is 1.30. The summed E-state index contributed by atoms with van der Waals surface area (Å²) >= 11 is 0. The normalized spacial score (nSPS) is 22.7. The van der Waals surface area contributed by atoms with Gasteiger partial charge in [0.25, 0.3) is 0 Å². The Labute approximate surface area is 162 Å². The molecule has 0 bridgehead atoms. The maximum atomic E-state index is 12.1. The van der Waals surface area contributed by atoms with Gasteiger partial charge in [0.15, 0.2) is 5.79 Å². The van der Waals surface area contributed by atoms with Crippen LogP contribution in [0.4, 0.5) is 0 Å². The van der Waals surface area contributed by atoms with Crippen LogP contribution in [0.3, 0.4) is 0 Å². The van der Waals surface area contributed by atoms with Crippen LogP contribution in [0, 0.1) is 0 Å². The Hall–Kier alpha value is -0.790. The Morgan fingerprint density at radius 3 is 2.59 bits per heavy atom. The summed E-state index contributed by atoms with van der Waals surface area (Å²) < 4.78 is 33.7. The second kappa shape index (κ2) is 10.1. The molecule has 1 saturated heterocycles. The van der Waals surface area contributed by atoms with E-state index in [1.807, 2.05) is 44.2 Å². The van der Waals surface area contributed by atoms with Gasteiger partial charge < -0.3 is 19.7 Å². The standard InChI is InChI=1S/C19H32NO6P/c1-15(2)20-17(12-18-14-23-19(3,4)26-18)10-11-24-27(21,22)25-13-16-8-6-5-7-9-16/h5-9,15,17-18,20H,10-14H2,1-4H3,(H,21,22). The Balaban J connectivity index is 1.77. The molecule has 1 aromatic carbocycles. The van der Waals surface area contributed by atoms with Gasteiger partial charge in [-0.2, -0.15) is 0 Å². The van der Waals surface area contributed by atoms with Gasteiger partial charge in [-0.3, -0.25) is 9.05 Å². The summed E-state index contributed by atoms with van der Waals surface area (Å²) in [5.74, 6) is -0.560. The molecule has 2 rings (SSSR count). The van der Waals surface area contributed by atoms with E-state index in [1.54, 1.807) is 0 Å².